The molecule has 16 heteroatoms. The Morgan fingerprint density at radius 1 is 0.951 bits per heavy atom. The Balaban J connectivity index is 0.000000745. The van der Waals surface area contributed by atoms with Crippen molar-refractivity contribution in [3.63, 3.8) is 0 Å². The molecule has 7 N–H and O–H groups in total. The summed E-state index contributed by atoms with van der Waals surface area (Å²) in [6.45, 7) is 0. The van der Waals surface area contributed by atoms with Gasteiger partial charge in [0.2, 0.25) is 0 Å². The highest BCUT2D eigenvalue weighted by atomic mass is 32.1. The molecular weight excluding hydrogens is 575 g/mol. The van der Waals surface area contributed by atoms with E-state index < -0.39 is 48.4 Å². The van der Waals surface area contributed by atoms with Crippen LogP contribution in [0.3, 0.4) is 0 Å². The number of carbonyl (C=O) groups is 5. The molecule has 0 saturated heterocycles. The first-order chi connectivity index (χ1) is 19.1. The molecule has 2 aromatic carbocycles. The number of carboxylic acids is 3. The van der Waals surface area contributed by atoms with E-state index in [4.69, 9.17) is 36.0 Å². The molecule has 0 aliphatic carbocycles. The summed E-state index contributed by atoms with van der Waals surface area (Å²) in [5, 5.41) is 34.6. The standard InChI is InChI=1S/C23H19N3O7S.C2HF3O2/c24-20(25)12-4-6-15(7-5-12)33-23(32)18-9-8-17(34-18)13-2-1-3-14(10-13)21(29)26-16(22(30)31)11-19(27)28;3-2(4,5)1(6)7/h1-10,16H,11H2,(H3,24,25)(H,26,29)(H,27,28)(H,30,31);(H,6,7)/t16-;/m0./s1. The molecule has 216 valence electrons. The summed E-state index contributed by atoms with van der Waals surface area (Å²) >= 11 is 1.14. The number of nitrogen functional groups attached to an aromatic ring is 1. The molecule has 1 aromatic heterocycles. The van der Waals surface area contributed by atoms with Gasteiger partial charge in [0.15, 0.2) is 0 Å². The van der Waals surface area contributed by atoms with Crippen molar-refractivity contribution in [3.8, 4) is 16.2 Å². The van der Waals surface area contributed by atoms with Crippen LogP contribution < -0.4 is 15.8 Å². The molecule has 0 radical (unpaired) electrons. The van der Waals surface area contributed by atoms with Crippen LogP contribution in [0.5, 0.6) is 5.75 Å². The minimum atomic E-state index is -5.08. The molecule has 1 atom stereocenters. The van der Waals surface area contributed by atoms with Gasteiger partial charge in [0.25, 0.3) is 5.91 Å². The Bertz CT molecular complexity index is 1470. The number of hydrogen-bond donors (Lipinski definition) is 6. The van der Waals surface area contributed by atoms with Crippen molar-refractivity contribution in [1.29, 1.82) is 5.41 Å². The zero-order valence-corrected chi connectivity index (χ0v) is 21.3. The second kappa shape index (κ2) is 13.7. The van der Waals surface area contributed by atoms with Gasteiger partial charge in [0.1, 0.15) is 22.5 Å². The number of rotatable bonds is 9. The number of hydrogen-bond acceptors (Lipinski definition) is 8. The van der Waals surface area contributed by atoms with E-state index in [1.165, 1.54) is 24.3 Å². The van der Waals surface area contributed by atoms with E-state index in [2.05, 4.69) is 5.32 Å². The fourth-order valence-electron chi connectivity index (χ4n) is 2.89. The van der Waals surface area contributed by atoms with Gasteiger partial charge in [-0.05, 0) is 54.1 Å². The first kappa shape index (κ1) is 32.0. The Morgan fingerprint density at radius 3 is 2.07 bits per heavy atom. The SMILES string of the molecule is N=C(N)c1ccc(OC(=O)c2ccc(-c3cccc(C(=O)N[C@@H](CC(=O)O)C(=O)O)c3)s2)cc1.O=C(O)C(F)(F)F. The van der Waals surface area contributed by atoms with Crippen LogP contribution in [0.4, 0.5) is 13.2 Å². The van der Waals surface area contributed by atoms with Gasteiger partial charge >= 0.3 is 30.1 Å². The van der Waals surface area contributed by atoms with Crippen molar-refractivity contribution < 1.29 is 57.2 Å². The third-order valence-electron chi connectivity index (χ3n) is 4.82. The average molecular weight is 596 g/mol. The van der Waals surface area contributed by atoms with Crippen molar-refractivity contribution in [2.45, 2.75) is 18.6 Å². The lowest BCUT2D eigenvalue weighted by atomic mass is 10.1. The number of aliphatic carboxylic acids is 3. The molecule has 12 nitrogen and oxygen atoms in total. The van der Waals surface area contributed by atoms with Gasteiger partial charge in [-0.2, -0.15) is 13.2 Å². The highest BCUT2D eigenvalue weighted by Gasteiger charge is 2.38. The van der Waals surface area contributed by atoms with Crippen LogP contribution in [-0.4, -0.2) is 63.2 Å². The van der Waals surface area contributed by atoms with Gasteiger partial charge in [0.05, 0.1) is 6.42 Å². The fourth-order valence-corrected chi connectivity index (χ4v) is 3.77. The maximum atomic E-state index is 12.5. The smallest absolute Gasteiger partial charge is 0.481 e. The number of benzene rings is 2. The predicted molar refractivity (Wildman–Crippen MR) is 137 cm³/mol. The number of alkyl halides is 3. The van der Waals surface area contributed by atoms with Crippen molar-refractivity contribution in [2.75, 3.05) is 0 Å². The zero-order chi connectivity index (χ0) is 30.9. The van der Waals surface area contributed by atoms with Crippen molar-refractivity contribution >= 4 is 47.0 Å². The number of esters is 1. The van der Waals surface area contributed by atoms with Gasteiger partial charge in [-0.15, -0.1) is 11.3 Å². The van der Waals surface area contributed by atoms with Gasteiger partial charge < -0.3 is 31.1 Å². The molecule has 0 bridgehead atoms. The average Bonchev–Trinajstić information content (AvgIpc) is 3.39. The Hall–Kier alpha value is -5.25. The lowest BCUT2D eigenvalue weighted by Gasteiger charge is -2.12. The summed E-state index contributed by atoms with van der Waals surface area (Å²) in [6, 6.07) is 14.1. The van der Waals surface area contributed by atoms with Gasteiger partial charge in [-0.1, -0.05) is 12.1 Å². The molecule has 0 fully saturated rings. The van der Waals surface area contributed by atoms with Crippen LogP contribution >= 0.6 is 11.3 Å². The summed E-state index contributed by atoms with van der Waals surface area (Å²) < 4.78 is 37.1. The molecule has 3 rings (SSSR count). The number of amides is 1. The molecule has 3 aromatic rings. The molecule has 1 amide bonds. The summed E-state index contributed by atoms with van der Waals surface area (Å²) in [7, 11) is 0. The second-order valence-electron chi connectivity index (χ2n) is 7.84. The Kier molecular flexibility index (Phi) is 10.7. The summed E-state index contributed by atoms with van der Waals surface area (Å²) in [4.78, 5) is 56.8. The molecular formula is C25H20F3N3O9S. The van der Waals surface area contributed by atoms with Gasteiger partial charge in [-0.3, -0.25) is 15.0 Å². The first-order valence-electron chi connectivity index (χ1n) is 11.0. The first-order valence-corrected chi connectivity index (χ1v) is 11.8. The van der Waals surface area contributed by atoms with Crippen molar-refractivity contribution in [3.05, 3.63) is 76.7 Å². The lowest BCUT2D eigenvalue weighted by molar-refractivity contribution is -0.192. The largest absolute Gasteiger partial charge is 0.490 e. The number of halogens is 3. The fraction of sp³-hybridized carbons (Fsp3) is 0.120. The maximum absolute atomic E-state index is 12.5. The van der Waals surface area contributed by atoms with Crippen LogP contribution in [0, 0.1) is 5.41 Å². The number of carboxylic acid groups (broad SMARTS) is 3. The number of amidine groups is 1. The molecule has 0 spiro atoms. The van der Waals surface area contributed by atoms with Crippen molar-refractivity contribution in [1.82, 2.24) is 5.32 Å². The van der Waals surface area contributed by atoms with Crippen LogP contribution in [0.2, 0.25) is 0 Å². The highest BCUT2D eigenvalue weighted by Crippen LogP contribution is 2.29. The van der Waals surface area contributed by atoms with E-state index in [1.807, 2.05) is 0 Å². The van der Waals surface area contributed by atoms with Crippen LogP contribution in [-0.2, 0) is 14.4 Å². The van der Waals surface area contributed by atoms with E-state index in [0.717, 1.165) is 11.3 Å². The Morgan fingerprint density at radius 2 is 1.56 bits per heavy atom. The highest BCUT2D eigenvalue weighted by molar-refractivity contribution is 7.17. The van der Waals surface area contributed by atoms with Gasteiger partial charge in [0, 0.05) is 16.0 Å². The number of thiophene rings is 1. The molecule has 1 heterocycles. The third-order valence-corrected chi connectivity index (χ3v) is 5.93. The minimum Gasteiger partial charge on any atom is -0.481 e. The summed E-state index contributed by atoms with van der Waals surface area (Å²) in [5.74, 6) is -6.69. The zero-order valence-electron chi connectivity index (χ0n) is 20.5. The van der Waals surface area contributed by atoms with Crippen LogP contribution in [0.15, 0.2) is 60.7 Å². The Labute approximate surface area is 232 Å². The predicted octanol–water partition coefficient (Wildman–Crippen LogP) is 3.21. The minimum absolute atomic E-state index is 0.1000. The quantitative estimate of drug-likeness (QED) is 0.0918. The molecule has 0 saturated carbocycles. The number of carbonyl (C=O) groups excluding carboxylic acids is 2. The van der Waals surface area contributed by atoms with Crippen LogP contribution in [0.25, 0.3) is 10.4 Å². The van der Waals surface area contributed by atoms with E-state index in [-0.39, 0.29) is 17.1 Å². The van der Waals surface area contributed by atoms with Crippen molar-refractivity contribution in [2.24, 2.45) is 5.73 Å². The van der Waals surface area contributed by atoms with E-state index in [9.17, 15) is 32.3 Å². The summed E-state index contributed by atoms with van der Waals surface area (Å²) in [6.07, 6.45) is -5.84. The summed E-state index contributed by atoms with van der Waals surface area (Å²) in [5.41, 5.74) is 6.64. The third kappa shape index (κ3) is 9.77. The van der Waals surface area contributed by atoms with Crippen LogP contribution in [0.1, 0.15) is 32.0 Å². The monoisotopic (exact) mass is 595 g/mol. The van der Waals surface area contributed by atoms with E-state index in [1.54, 1.807) is 36.4 Å². The lowest BCUT2D eigenvalue weighted by Crippen LogP contribution is -2.42. The maximum Gasteiger partial charge on any atom is 0.490 e. The molecule has 0 aliphatic heterocycles. The number of nitrogens with one attached hydrogen (secondary N) is 2. The van der Waals surface area contributed by atoms with E-state index in [0.29, 0.717) is 20.9 Å². The molecule has 0 unspecified atom stereocenters. The second-order valence-corrected chi connectivity index (χ2v) is 8.92. The number of nitrogens with two attached hydrogens (primary N) is 1. The van der Waals surface area contributed by atoms with E-state index >= 15 is 0 Å². The normalized spacial score (nSPS) is 11.3. The molecule has 0 aliphatic rings. The van der Waals surface area contributed by atoms with Gasteiger partial charge in [-0.25, -0.2) is 14.4 Å². The molecule has 41 heavy (non-hydrogen) atoms. The number of ether oxygens (including phenoxy) is 1. The topological polar surface area (TPSA) is 217 Å².